The summed E-state index contributed by atoms with van der Waals surface area (Å²) in [6.07, 6.45) is 4.49. The number of pyridine rings is 2. The molecule has 49 heavy (non-hydrogen) atoms. The maximum Gasteiger partial charge on any atom is 0.0965 e. The van der Waals surface area contributed by atoms with Crippen LogP contribution in [0.5, 0.6) is 0 Å². The molecule has 0 fully saturated rings. The van der Waals surface area contributed by atoms with E-state index in [9.17, 15) is 0 Å². The average molecular weight is 641 g/mol. The third-order valence-electron chi connectivity index (χ3n) is 8.79. The topological polar surface area (TPSA) is 50.5 Å². The van der Waals surface area contributed by atoms with Crippen LogP contribution >= 0.6 is 0 Å². The van der Waals surface area contributed by atoms with Crippen LogP contribution in [-0.4, -0.2) is 21.4 Å². The Labute approximate surface area is 291 Å². The molecule has 2 heterocycles. The van der Waals surface area contributed by atoms with Gasteiger partial charge in [0, 0.05) is 23.5 Å². The van der Waals surface area contributed by atoms with E-state index in [-0.39, 0.29) is 0 Å². The third-order valence-corrected chi connectivity index (χ3v) is 8.79. The summed E-state index contributed by atoms with van der Waals surface area (Å²) in [4.78, 5) is 20.0. The quantitative estimate of drug-likeness (QED) is 0.140. The molecule has 0 amide bonds. The van der Waals surface area contributed by atoms with Crippen molar-refractivity contribution in [3.05, 3.63) is 190 Å². The summed E-state index contributed by atoms with van der Waals surface area (Å²) in [5, 5.41) is 0. The van der Waals surface area contributed by atoms with Crippen LogP contribution in [-0.2, 0) is 6.42 Å². The van der Waals surface area contributed by atoms with Gasteiger partial charge in [0.15, 0.2) is 0 Å². The molecule has 0 radical (unpaired) electrons. The number of hydrogen-bond donors (Lipinski definition) is 0. The minimum absolute atomic E-state index is 0.297. The average Bonchev–Trinajstić information content (AvgIpc) is 3.12. The number of aliphatic imine (C=N–C) groups is 2. The largest absolute Gasteiger partial charge is 0.255 e. The van der Waals surface area contributed by atoms with Gasteiger partial charge in [-0.3, -0.25) is 9.97 Å². The van der Waals surface area contributed by atoms with Gasteiger partial charge in [-0.05, 0) is 89.8 Å². The lowest BCUT2D eigenvalue weighted by Gasteiger charge is -2.19. The molecular formula is C45H44N4. The fourth-order valence-corrected chi connectivity index (χ4v) is 6.35. The molecule has 0 atom stereocenters. The summed E-state index contributed by atoms with van der Waals surface area (Å²) < 4.78 is 0. The first kappa shape index (κ1) is 33.4. The van der Waals surface area contributed by atoms with Gasteiger partial charge >= 0.3 is 0 Å². The summed E-state index contributed by atoms with van der Waals surface area (Å²) in [6.45, 7) is 13.4. The smallest absolute Gasteiger partial charge is 0.0965 e. The lowest BCUT2D eigenvalue weighted by molar-refractivity contribution is 0.857. The fourth-order valence-electron chi connectivity index (χ4n) is 6.35. The van der Waals surface area contributed by atoms with Crippen LogP contribution in [0.1, 0.15) is 95.4 Å². The van der Waals surface area contributed by atoms with Gasteiger partial charge in [-0.2, -0.15) is 0 Å². The predicted molar refractivity (Wildman–Crippen MR) is 205 cm³/mol. The van der Waals surface area contributed by atoms with Crippen LogP contribution in [0.3, 0.4) is 0 Å². The highest BCUT2D eigenvalue weighted by Crippen LogP contribution is 2.36. The van der Waals surface area contributed by atoms with E-state index in [0.29, 0.717) is 11.8 Å². The van der Waals surface area contributed by atoms with Crippen molar-refractivity contribution in [3.8, 4) is 0 Å². The molecule has 6 rings (SSSR count). The van der Waals surface area contributed by atoms with Crippen LogP contribution in [0, 0.1) is 13.8 Å². The first-order valence-corrected chi connectivity index (χ1v) is 17.2. The Morgan fingerprint density at radius 2 is 0.898 bits per heavy atom. The van der Waals surface area contributed by atoms with E-state index < -0.39 is 0 Å². The molecule has 0 aliphatic rings. The van der Waals surface area contributed by atoms with Crippen LogP contribution in [0.2, 0.25) is 0 Å². The molecule has 4 nitrogen and oxygen atoms in total. The van der Waals surface area contributed by atoms with E-state index in [1.807, 2.05) is 60.9 Å². The van der Waals surface area contributed by atoms with Crippen molar-refractivity contribution in [3.63, 3.8) is 0 Å². The number of rotatable bonds is 10. The van der Waals surface area contributed by atoms with Gasteiger partial charge in [-0.15, -0.1) is 0 Å². The van der Waals surface area contributed by atoms with Crippen LogP contribution in [0.25, 0.3) is 0 Å². The van der Waals surface area contributed by atoms with Crippen LogP contribution in [0.15, 0.2) is 144 Å². The minimum Gasteiger partial charge on any atom is -0.255 e. The molecule has 0 bridgehead atoms. The van der Waals surface area contributed by atoms with Crippen molar-refractivity contribution in [2.45, 2.75) is 59.8 Å². The second-order valence-electron chi connectivity index (χ2n) is 13.3. The molecule has 0 spiro atoms. The Morgan fingerprint density at radius 1 is 0.510 bits per heavy atom. The van der Waals surface area contributed by atoms with Crippen molar-refractivity contribution < 1.29 is 0 Å². The SMILES string of the molecule is Cc1cc(Cc2cc(C)c(N=C(c3ccccc3)c3ccccn3)c(C(C)C)c2)cc(C(C)C)c1N=C(c1ccccc1)c1ccccn1. The molecule has 4 aromatic carbocycles. The number of aryl methyl sites for hydroxylation is 2. The highest BCUT2D eigenvalue weighted by molar-refractivity contribution is 6.13. The van der Waals surface area contributed by atoms with Crippen molar-refractivity contribution >= 4 is 22.8 Å². The number of hydrogen-bond acceptors (Lipinski definition) is 4. The standard InChI is InChI=1S/C45H44N4/c1-30(2)38-28-34(25-32(5)42(38)48-44(36-17-9-7-10-18-36)40-21-13-15-23-46-40)27-35-26-33(6)43(39(29-35)31(3)4)49-45(37-19-11-8-12-20-37)41-22-14-16-24-47-41/h7-26,28-31H,27H2,1-6H3. The molecule has 0 unspecified atom stereocenters. The van der Waals surface area contributed by atoms with Crippen molar-refractivity contribution in [2.24, 2.45) is 9.98 Å². The van der Waals surface area contributed by atoms with E-state index in [4.69, 9.17) is 9.98 Å². The molecule has 0 N–H and O–H groups in total. The maximum atomic E-state index is 5.34. The molecule has 0 aliphatic carbocycles. The van der Waals surface area contributed by atoms with Crippen LogP contribution < -0.4 is 0 Å². The summed E-state index contributed by atoms with van der Waals surface area (Å²) in [6, 6.07) is 42.0. The lowest BCUT2D eigenvalue weighted by Crippen LogP contribution is -2.07. The van der Waals surface area contributed by atoms with E-state index >= 15 is 0 Å². The molecule has 2 aromatic heterocycles. The Hall–Kier alpha value is -5.48. The highest BCUT2D eigenvalue weighted by Gasteiger charge is 2.18. The highest BCUT2D eigenvalue weighted by atomic mass is 14.8. The molecule has 244 valence electrons. The van der Waals surface area contributed by atoms with Gasteiger partial charge in [0.1, 0.15) is 0 Å². The lowest BCUT2D eigenvalue weighted by atomic mass is 9.90. The molecule has 0 saturated carbocycles. The number of aromatic nitrogens is 2. The minimum atomic E-state index is 0.297. The Balaban J connectivity index is 1.41. The number of benzene rings is 4. The Kier molecular flexibility index (Phi) is 10.3. The Morgan fingerprint density at radius 3 is 1.24 bits per heavy atom. The van der Waals surface area contributed by atoms with E-state index in [1.54, 1.807) is 0 Å². The summed E-state index contributed by atoms with van der Waals surface area (Å²) >= 11 is 0. The van der Waals surface area contributed by atoms with Crippen molar-refractivity contribution in [1.29, 1.82) is 0 Å². The predicted octanol–water partition coefficient (Wildman–Crippen LogP) is 11.3. The second-order valence-corrected chi connectivity index (χ2v) is 13.3. The zero-order valence-electron chi connectivity index (χ0n) is 29.4. The van der Waals surface area contributed by atoms with E-state index in [2.05, 4.69) is 124 Å². The summed E-state index contributed by atoms with van der Waals surface area (Å²) in [5.74, 6) is 0.594. The summed E-state index contributed by atoms with van der Waals surface area (Å²) in [5.41, 5.74) is 15.0. The van der Waals surface area contributed by atoms with Crippen molar-refractivity contribution in [1.82, 2.24) is 9.97 Å². The van der Waals surface area contributed by atoms with Crippen molar-refractivity contribution in [2.75, 3.05) is 0 Å². The summed E-state index contributed by atoms with van der Waals surface area (Å²) in [7, 11) is 0. The maximum absolute atomic E-state index is 5.34. The first-order chi connectivity index (χ1) is 23.8. The molecular weight excluding hydrogens is 597 g/mol. The van der Waals surface area contributed by atoms with Gasteiger partial charge in [0.25, 0.3) is 0 Å². The molecule has 0 saturated heterocycles. The molecule has 6 aromatic rings. The van der Waals surface area contributed by atoms with Gasteiger partial charge in [-0.1, -0.05) is 125 Å². The number of nitrogens with zero attached hydrogens (tertiary/aromatic N) is 4. The van der Waals surface area contributed by atoms with E-state index in [1.165, 1.54) is 22.3 Å². The van der Waals surface area contributed by atoms with Gasteiger partial charge in [0.2, 0.25) is 0 Å². The normalized spacial score (nSPS) is 12.2. The Bertz CT molecular complexity index is 1840. The third kappa shape index (κ3) is 7.81. The van der Waals surface area contributed by atoms with E-state index in [0.717, 1.165) is 62.9 Å². The zero-order chi connectivity index (χ0) is 34.3. The first-order valence-electron chi connectivity index (χ1n) is 17.2. The fraction of sp³-hybridized carbons (Fsp3) is 0.200. The van der Waals surface area contributed by atoms with Gasteiger partial charge in [-0.25, -0.2) is 9.98 Å². The van der Waals surface area contributed by atoms with Gasteiger partial charge in [0.05, 0.1) is 34.2 Å². The second kappa shape index (κ2) is 15.2. The van der Waals surface area contributed by atoms with Gasteiger partial charge < -0.3 is 0 Å². The molecule has 4 heteroatoms. The zero-order valence-corrected chi connectivity index (χ0v) is 29.4. The van der Waals surface area contributed by atoms with Crippen LogP contribution in [0.4, 0.5) is 11.4 Å². The molecule has 0 aliphatic heterocycles. The monoisotopic (exact) mass is 640 g/mol.